The maximum Gasteiger partial charge on any atom is 0.255 e. The number of benzene rings is 2. The molecule has 0 bridgehead atoms. The summed E-state index contributed by atoms with van der Waals surface area (Å²) in [5, 5.41) is 3.01. The van der Waals surface area contributed by atoms with Gasteiger partial charge in [-0.05, 0) is 37.0 Å². The van der Waals surface area contributed by atoms with Crippen molar-refractivity contribution in [3.8, 4) is 0 Å². The topological polar surface area (TPSA) is 29.1 Å². The second-order valence-corrected chi connectivity index (χ2v) is 8.50. The summed E-state index contributed by atoms with van der Waals surface area (Å²) < 4.78 is 39.9. The molecule has 0 aromatic heterocycles. The first-order chi connectivity index (χ1) is 14.5. The lowest BCUT2D eigenvalue weighted by atomic mass is 10.0. The summed E-state index contributed by atoms with van der Waals surface area (Å²) in [6.45, 7) is 6.12. The number of amides is 1. The van der Waals surface area contributed by atoms with E-state index in [0.717, 1.165) is 29.9 Å². The van der Waals surface area contributed by atoms with E-state index < -0.39 is 23.4 Å². The van der Waals surface area contributed by atoms with E-state index in [1.165, 1.54) is 37.7 Å². The number of rotatable bonds is 6. The van der Waals surface area contributed by atoms with Crippen molar-refractivity contribution in [3.05, 3.63) is 58.9 Å². The summed E-state index contributed by atoms with van der Waals surface area (Å²) in [5.41, 5.74) is 1.53. The van der Waals surface area contributed by atoms with Crippen LogP contribution in [0.3, 0.4) is 0 Å². The van der Waals surface area contributed by atoms with Crippen molar-refractivity contribution >= 4 is 23.4 Å². The van der Waals surface area contributed by atoms with Crippen molar-refractivity contribution in [2.75, 3.05) is 5.32 Å². The molecule has 164 valence electrons. The van der Waals surface area contributed by atoms with Crippen molar-refractivity contribution in [1.29, 1.82) is 0 Å². The molecular weight excluding hydrogens is 407 g/mol. The minimum absolute atomic E-state index is 0.111. The first-order valence-electron chi connectivity index (χ1n) is 10.7. The highest BCUT2D eigenvalue weighted by Gasteiger charge is 2.18. The fourth-order valence-electron chi connectivity index (χ4n) is 3.47. The van der Waals surface area contributed by atoms with Crippen molar-refractivity contribution in [2.45, 2.75) is 75.9 Å². The molecule has 2 aromatic carbocycles. The molecule has 2 aromatic rings. The first-order valence-corrected chi connectivity index (χ1v) is 11.6. The fraction of sp³-hybridized carbons (Fsp3) is 0.458. The number of anilines is 1. The maximum absolute atomic E-state index is 13.4. The number of nitrogens with one attached hydrogen (secondary N) is 1. The van der Waals surface area contributed by atoms with Gasteiger partial charge in [-0.3, -0.25) is 4.79 Å². The van der Waals surface area contributed by atoms with Crippen LogP contribution in [0.1, 0.15) is 75.2 Å². The van der Waals surface area contributed by atoms with Gasteiger partial charge in [0.25, 0.3) is 5.91 Å². The molecule has 30 heavy (non-hydrogen) atoms. The molecule has 6 heteroatoms. The van der Waals surface area contributed by atoms with Crippen LogP contribution in [-0.2, 0) is 6.42 Å². The van der Waals surface area contributed by atoms with Gasteiger partial charge in [0, 0.05) is 33.5 Å². The van der Waals surface area contributed by atoms with E-state index in [4.69, 9.17) is 0 Å². The third-order valence-electron chi connectivity index (χ3n) is 4.94. The molecule has 1 N–H and O–H groups in total. The van der Waals surface area contributed by atoms with Gasteiger partial charge in [-0.15, -0.1) is 11.8 Å². The first kappa shape index (κ1) is 24.3. The molecule has 1 saturated carbocycles. The van der Waals surface area contributed by atoms with E-state index in [2.05, 4.69) is 12.2 Å². The van der Waals surface area contributed by atoms with Gasteiger partial charge in [-0.25, -0.2) is 13.2 Å². The molecule has 1 aliphatic carbocycles. The Morgan fingerprint density at radius 2 is 1.67 bits per heavy atom. The van der Waals surface area contributed by atoms with E-state index >= 15 is 0 Å². The lowest BCUT2D eigenvalue weighted by Crippen LogP contribution is -2.14. The van der Waals surface area contributed by atoms with Crippen molar-refractivity contribution in [2.24, 2.45) is 0 Å². The Balaban J connectivity index is 0.00000155. The van der Waals surface area contributed by atoms with Crippen LogP contribution in [0.15, 0.2) is 35.2 Å². The molecule has 1 amide bonds. The summed E-state index contributed by atoms with van der Waals surface area (Å²) in [6.07, 6.45) is 8.07. The van der Waals surface area contributed by atoms with Crippen LogP contribution in [0.5, 0.6) is 0 Å². The Labute approximate surface area is 181 Å². The molecule has 0 heterocycles. The normalized spacial score (nSPS) is 14.1. The van der Waals surface area contributed by atoms with Gasteiger partial charge in [0.05, 0.1) is 0 Å². The van der Waals surface area contributed by atoms with Crippen molar-refractivity contribution in [3.63, 3.8) is 0 Å². The number of thioether (sulfide) groups is 1. The SMILES string of the molecule is CC.CCCc1ccc(C(=O)Nc2cc(F)c(F)c(F)c2)cc1SC1CCCCC1. The number of carbonyl (C=O) groups excluding carboxylic acids is 1. The molecule has 0 unspecified atom stereocenters. The highest BCUT2D eigenvalue weighted by Crippen LogP contribution is 2.36. The van der Waals surface area contributed by atoms with E-state index in [1.807, 2.05) is 37.7 Å². The number of halogens is 3. The molecule has 0 atom stereocenters. The highest BCUT2D eigenvalue weighted by atomic mass is 32.2. The summed E-state index contributed by atoms with van der Waals surface area (Å²) >= 11 is 1.83. The lowest BCUT2D eigenvalue weighted by Gasteiger charge is -2.22. The second kappa shape index (κ2) is 12.0. The summed E-state index contributed by atoms with van der Waals surface area (Å²) in [6, 6.07) is 7.09. The van der Waals surface area contributed by atoms with Gasteiger partial charge in [-0.1, -0.05) is 52.5 Å². The Hall–Kier alpha value is -1.95. The average molecular weight is 438 g/mol. The monoisotopic (exact) mass is 437 g/mol. The molecule has 3 rings (SSSR count). The van der Waals surface area contributed by atoms with Crippen LogP contribution < -0.4 is 5.32 Å². The van der Waals surface area contributed by atoms with Crippen molar-refractivity contribution < 1.29 is 18.0 Å². The van der Waals surface area contributed by atoms with Gasteiger partial charge < -0.3 is 5.32 Å². The minimum atomic E-state index is -1.55. The lowest BCUT2D eigenvalue weighted by molar-refractivity contribution is 0.102. The number of hydrogen-bond donors (Lipinski definition) is 1. The molecule has 0 radical (unpaired) electrons. The van der Waals surface area contributed by atoms with Gasteiger partial charge >= 0.3 is 0 Å². The minimum Gasteiger partial charge on any atom is -0.322 e. The van der Waals surface area contributed by atoms with Crippen LogP contribution in [0.4, 0.5) is 18.9 Å². The Morgan fingerprint density at radius 3 is 2.27 bits per heavy atom. The number of aryl methyl sites for hydroxylation is 1. The average Bonchev–Trinajstić information content (AvgIpc) is 2.75. The zero-order valence-corrected chi connectivity index (χ0v) is 18.7. The second-order valence-electron chi connectivity index (χ2n) is 7.16. The molecule has 0 saturated heterocycles. The molecule has 1 fully saturated rings. The predicted octanol–water partition coefficient (Wildman–Crippen LogP) is 7.76. The van der Waals surface area contributed by atoms with E-state index in [1.54, 1.807) is 6.07 Å². The summed E-state index contributed by atoms with van der Waals surface area (Å²) in [4.78, 5) is 13.7. The third-order valence-corrected chi connectivity index (χ3v) is 6.37. The van der Waals surface area contributed by atoms with Gasteiger partial charge in [0.2, 0.25) is 0 Å². The highest BCUT2D eigenvalue weighted by molar-refractivity contribution is 8.00. The molecule has 2 nitrogen and oxygen atoms in total. The van der Waals surface area contributed by atoms with E-state index in [0.29, 0.717) is 10.8 Å². The van der Waals surface area contributed by atoms with Gasteiger partial charge in [0.1, 0.15) is 0 Å². The van der Waals surface area contributed by atoms with E-state index in [-0.39, 0.29) is 5.69 Å². The van der Waals surface area contributed by atoms with Gasteiger partial charge in [0.15, 0.2) is 17.5 Å². The smallest absolute Gasteiger partial charge is 0.255 e. The van der Waals surface area contributed by atoms with Gasteiger partial charge in [-0.2, -0.15) is 0 Å². The third kappa shape index (κ3) is 6.53. The largest absolute Gasteiger partial charge is 0.322 e. The zero-order chi connectivity index (χ0) is 22.1. The summed E-state index contributed by atoms with van der Waals surface area (Å²) in [7, 11) is 0. The Morgan fingerprint density at radius 1 is 1.03 bits per heavy atom. The Kier molecular flexibility index (Phi) is 9.76. The maximum atomic E-state index is 13.4. The number of hydrogen-bond acceptors (Lipinski definition) is 2. The van der Waals surface area contributed by atoms with Crippen molar-refractivity contribution in [1.82, 2.24) is 0 Å². The van der Waals surface area contributed by atoms with Crippen LogP contribution in [-0.4, -0.2) is 11.2 Å². The van der Waals surface area contributed by atoms with Crippen LogP contribution >= 0.6 is 11.8 Å². The van der Waals surface area contributed by atoms with E-state index in [9.17, 15) is 18.0 Å². The van der Waals surface area contributed by atoms with Crippen LogP contribution in [0.2, 0.25) is 0 Å². The molecule has 1 aliphatic rings. The Bertz CT molecular complexity index is 827. The van der Waals surface area contributed by atoms with Crippen LogP contribution in [0.25, 0.3) is 0 Å². The molecule has 0 aliphatic heterocycles. The number of carbonyl (C=O) groups is 1. The molecule has 0 spiro atoms. The summed E-state index contributed by atoms with van der Waals surface area (Å²) in [5.74, 6) is -4.68. The molecular formula is C24H30F3NOS. The van der Waals surface area contributed by atoms with Crippen LogP contribution in [0, 0.1) is 17.5 Å². The predicted molar refractivity (Wildman–Crippen MR) is 119 cm³/mol. The standard InChI is InChI=1S/C22H24F3NOS.C2H6/c1-2-6-14-9-10-15(11-20(14)28-17-7-4-3-5-8-17)22(27)26-16-12-18(23)21(25)19(24)13-16;1-2/h9-13,17H,2-8H2,1H3,(H,26,27);1-2H3. The zero-order valence-electron chi connectivity index (χ0n) is 17.9. The quantitative estimate of drug-likeness (QED) is 0.468. The fourth-order valence-corrected chi connectivity index (χ4v) is 4.92.